The number of sulfonamides is 2. The van der Waals surface area contributed by atoms with Crippen molar-refractivity contribution in [3.05, 3.63) is 57.4 Å². The molecule has 2 aromatic carbocycles. The van der Waals surface area contributed by atoms with Crippen molar-refractivity contribution in [1.82, 2.24) is 25.4 Å². The monoisotopic (exact) mass is 1030 g/mol. The van der Waals surface area contributed by atoms with E-state index in [0.717, 1.165) is 36.4 Å². The van der Waals surface area contributed by atoms with Gasteiger partial charge in [-0.1, -0.05) is 23.2 Å². The Balaban J connectivity index is 1.90. The van der Waals surface area contributed by atoms with Crippen LogP contribution in [0.5, 0.6) is 0 Å². The fourth-order valence-electron chi connectivity index (χ4n) is 6.32. The summed E-state index contributed by atoms with van der Waals surface area (Å²) in [6, 6.07) is -1.76. The number of carboxylic acid groups (broad SMARTS) is 1. The average Bonchev–Trinajstić information content (AvgIpc) is 3.13. The maximum atomic E-state index is 14.4. The second kappa shape index (κ2) is 18.1. The molecule has 0 saturated heterocycles. The summed E-state index contributed by atoms with van der Waals surface area (Å²) in [4.78, 5) is 50.6. The van der Waals surface area contributed by atoms with Gasteiger partial charge in [-0.05, 0) is 36.4 Å². The first-order valence-electron chi connectivity index (χ1n) is 17.2. The molecule has 0 saturated carbocycles. The molecule has 0 spiro atoms. The minimum Gasteiger partial charge on any atom is -0.478 e. The third-order valence-corrected chi connectivity index (χ3v) is 14.8. The molecular weight excluding hydrogens is 1010 g/mol. The molecule has 64 heavy (non-hydrogen) atoms. The van der Waals surface area contributed by atoms with Gasteiger partial charge in [-0.25, -0.2) is 26.4 Å². The number of carboxylic acids is 1. The zero-order valence-corrected chi connectivity index (χ0v) is 37.1. The van der Waals surface area contributed by atoms with Crippen LogP contribution in [0, 0.1) is 5.41 Å². The van der Waals surface area contributed by atoms with Gasteiger partial charge in [-0.15, -0.1) is 0 Å². The lowest BCUT2D eigenvalue weighted by Crippen LogP contribution is -2.60. The highest BCUT2D eigenvalue weighted by molar-refractivity contribution is 7.90. The number of carbonyl (C=O) groups excluding carboxylic acids is 3. The normalized spacial score (nSPS) is 20.4. The second-order valence-electron chi connectivity index (χ2n) is 13.5. The van der Waals surface area contributed by atoms with E-state index in [0.29, 0.717) is 0 Å². The fraction of sp³-hybridized carbons (Fsp3) is 0.258. The first-order valence-corrected chi connectivity index (χ1v) is 25.7. The zero-order chi connectivity index (χ0) is 48.1. The lowest BCUT2D eigenvalue weighted by Gasteiger charge is -2.25. The van der Waals surface area contributed by atoms with Crippen LogP contribution >= 0.6 is 23.2 Å². The van der Waals surface area contributed by atoms with Gasteiger partial charge in [0.2, 0.25) is 37.8 Å². The molecule has 3 atom stereocenters. The number of hydrogen-bond donors (Lipinski definition) is 11. The van der Waals surface area contributed by atoms with Crippen molar-refractivity contribution in [1.29, 1.82) is 5.41 Å². The highest BCUT2D eigenvalue weighted by atomic mass is 35.5. The van der Waals surface area contributed by atoms with Gasteiger partial charge in [0, 0.05) is 40.2 Å². The van der Waals surface area contributed by atoms with Gasteiger partial charge >= 0.3 is 5.97 Å². The molecule has 0 aromatic heterocycles. The van der Waals surface area contributed by atoms with Crippen molar-refractivity contribution in [2.24, 2.45) is 0 Å². The van der Waals surface area contributed by atoms with Crippen molar-refractivity contribution in [3.63, 3.8) is 0 Å². The molecule has 5 rings (SSSR count). The van der Waals surface area contributed by atoms with Gasteiger partial charge < -0.3 is 31.2 Å². The molecule has 3 aliphatic rings. The number of hydrogen-bond acceptors (Lipinski definition) is 17. The van der Waals surface area contributed by atoms with E-state index < -0.39 is 182 Å². The predicted octanol–water partition coefficient (Wildman–Crippen LogP) is -2.04. The standard InChI is InChI=1S/C31H31Cl2N7O19S5/c32-14-3-4-15(33)23(31(44)45)22(14)21-12-1-5-16(34)26-24(12)59-25-13(21)2-6-17(35)27(25)64(57,58)40-20(11-62(52,53)54)30(43)39-19(10-61(49,50)51)29(42)38-18(9-60(46,47)48)28(41)36-7-8-37-63(26,55)56/h1-6,18-20,35,37,40H,7-11,34H2,(H,36,41)(H,38,42)(H,39,43)(H,44,45)(H,46,47,48)(H,49,50,51)(H,52,53,54). The van der Waals surface area contributed by atoms with E-state index in [2.05, 4.69) is 0 Å². The van der Waals surface area contributed by atoms with E-state index in [-0.39, 0.29) is 10.4 Å². The number of aromatic carboxylic acids is 1. The van der Waals surface area contributed by atoms with Crippen molar-refractivity contribution >= 4 is 114 Å². The topological polar surface area (TPSA) is 443 Å². The summed E-state index contributed by atoms with van der Waals surface area (Å²) in [5.74, 6) is -13.5. The molecule has 2 bridgehead atoms. The highest BCUT2D eigenvalue weighted by Gasteiger charge is 2.39. The van der Waals surface area contributed by atoms with Crippen LogP contribution in [-0.4, -0.2) is 133 Å². The molecule has 348 valence electrons. The number of nitrogens with one attached hydrogen (secondary N) is 6. The number of carbonyl (C=O) groups is 4. The Morgan fingerprint density at radius 2 is 1.27 bits per heavy atom. The molecule has 0 fully saturated rings. The lowest BCUT2D eigenvalue weighted by molar-refractivity contribution is -0.131. The van der Waals surface area contributed by atoms with E-state index in [1.165, 1.54) is 0 Å². The van der Waals surface area contributed by atoms with Crippen molar-refractivity contribution in [2.75, 3.05) is 36.1 Å². The number of amides is 3. The number of nitrogens with two attached hydrogens (primary N) is 1. The van der Waals surface area contributed by atoms with E-state index >= 15 is 0 Å². The molecule has 0 radical (unpaired) electrons. The van der Waals surface area contributed by atoms with E-state index in [4.69, 9.17) is 38.8 Å². The molecule has 2 aromatic rings. The molecule has 12 N–H and O–H groups in total. The Kier molecular flexibility index (Phi) is 14.1. The summed E-state index contributed by atoms with van der Waals surface area (Å²) in [5.41, 5.74) is 2.58. The van der Waals surface area contributed by atoms with Gasteiger partial charge in [-0.3, -0.25) is 33.5 Å². The summed E-state index contributed by atoms with van der Waals surface area (Å²) in [7, 11) is -26.8. The minimum absolute atomic E-state index is 0.351. The number of nitrogen functional groups attached to an aromatic ring is 1. The molecular formula is C31H31Cl2N7O19S5. The van der Waals surface area contributed by atoms with Crippen LogP contribution in [0.2, 0.25) is 10.0 Å². The maximum Gasteiger partial charge on any atom is 0.337 e. The summed E-state index contributed by atoms with van der Waals surface area (Å²) in [6.45, 7) is -1.58. The average molecular weight is 1040 g/mol. The lowest BCUT2D eigenvalue weighted by atomic mass is 9.90. The van der Waals surface area contributed by atoms with Crippen LogP contribution in [0.1, 0.15) is 10.4 Å². The van der Waals surface area contributed by atoms with Crippen LogP contribution in [0.3, 0.4) is 0 Å². The molecule has 1 aliphatic carbocycles. The van der Waals surface area contributed by atoms with Crippen LogP contribution in [0.25, 0.3) is 33.4 Å². The van der Waals surface area contributed by atoms with Crippen LogP contribution < -0.4 is 36.5 Å². The maximum absolute atomic E-state index is 14.4. The summed E-state index contributed by atoms with van der Waals surface area (Å²) < 4.78 is 167. The minimum atomic E-state index is -5.70. The predicted molar refractivity (Wildman–Crippen MR) is 221 cm³/mol. The first kappa shape index (κ1) is 49.9. The van der Waals surface area contributed by atoms with Crippen molar-refractivity contribution in [3.8, 4) is 22.5 Å². The Labute approximate surface area is 371 Å². The Morgan fingerprint density at radius 1 is 0.734 bits per heavy atom. The Morgan fingerprint density at radius 3 is 1.83 bits per heavy atom. The Hall–Kier alpha value is -5.06. The van der Waals surface area contributed by atoms with Gasteiger partial charge in [0.1, 0.15) is 40.3 Å². The third kappa shape index (κ3) is 11.2. The zero-order valence-electron chi connectivity index (χ0n) is 31.5. The van der Waals surface area contributed by atoms with Crippen molar-refractivity contribution in [2.45, 2.75) is 27.9 Å². The van der Waals surface area contributed by atoms with Crippen LogP contribution in [-0.2, 0) is 64.8 Å². The molecule has 26 nitrogen and oxygen atoms in total. The molecule has 3 unspecified atom stereocenters. The number of rotatable bonds is 8. The largest absolute Gasteiger partial charge is 0.478 e. The third-order valence-electron chi connectivity index (χ3n) is 8.83. The highest BCUT2D eigenvalue weighted by Crippen LogP contribution is 2.48. The number of anilines is 1. The molecule has 2 heterocycles. The SMILES string of the molecule is N=c1ccc2c(-c3c(Cl)ccc(Cl)c3C(=O)O)c3ccc(N)c4c3oc-2c1S(=O)(=O)NC(CS(=O)(=O)O)C(=O)NC(CS(=O)(=O)O)C(=O)NC(CS(=O)(=O)O)C(=O)NCCNS4(=O)=O. The summed E-state index contributed by atoms with van der Waals surface area (Å²) in [6.07, 6.45) is 0. The van der Waals surface area contributed by atoms with E-state index in [9.17, 15) is 80.0 Å². The smallest absolute Gasteiger partial charge is 0.337 e. The summed E-state index contributed by atoms with van der Waals surface area (Å²) in [5, 5.41) is 22.0. The first-order chi connectivity index (χ1) is 29.3. The fourth-order valence-corrected chi connectivity index (χ4v) is 11.6. The molecule has 2 aliphatic heterocycles. The van der Waals surface area contributed by atoms with Gasteiger partial charge in [0.15, 0.2) is 16.2 Å². The Bertz CT molecular complexity index is 3260. The van der Waals surface area contributed by atoms with Gasteiger partial charge in [-0.2, -0.15) is 30.0 Å². The van der Waals surface area contributed by atoms with Crippen LogP contribution in [0.4, 0.5) is 5.69 Å². The van der Waals surface area contributed by atoms with Crippen molar-refractivity contribution < 1.29 is 84.4 Å². The van der Waals surface area contributed by atoms with Gasteiger partial charge in [0.25, 0.3) is 30.4 Å². The number of benzene rings is 3. The molecule has 3 amide bonds. The summed E-state index contributed by atoms with van der Waals surface area (Å²) >= 11 is 12.9. The van der Waals surface area contributed by atoms with E-state index in [1.54, 1.807) is 15.4 Å². The second-order valence-corrected chi connectivity index (χ2v) is 22.1. The van der Waals surface area contributed by atoms with E-state index in [1.807, 2.05) is 10.0 Å². The van der Waals surface area contributed by atoms with Crippen LogP contribution in [0.15, 0.2) is 50.6 Å². The quantitative estimate of drug-likeness (QED) is 0.0514. The molecule has 33 heteroatoms. The van der Waals surface area contributed by atoms with Gasteiger partial charge in [0.05, 0.1) is 21.6 Å². The number of halogens is 2.